The third-order valence-corrected chi connectivity index (χ3v) is 4.15. The fourth-order valence-corrected chi connectivity index (χ4v) is 2.85. The molecule has 1 N–H and O–H groups in total. The van der Waals surface area contributed by atoms with Crippen molar-refractivity contribution in [2.24, 2.45) is 5.92 Å². The summed E-state index contributed by atoms with van der Waals surface area (Å²) < 4.78 is 5.24. The van der Waals surface area contributed by atoms with E-state index >= 15 is 0 Å². The van der Waals surface area contributed by atoms with Gasteiger partial charge in [0, 0.05) is 25.2 Å². The number of carbonyl (C=O) groups is 2. The molecule has 0 saturated carbocycles. The lowest BCUT2D eigenvalue weighted by atomic mass is 9.96. The molecule has 1 aliphatic rings. The van der Waals surface area contributed by atoms with Crippen LogP contribution >= 0.6 is 0 Å². The van der Waals surface area contributed by atoms with Crippen LogP contribution in [-0.4, -0.2) is 42.1 Å². The van der Waals surface area contributed by atoms with Gasteiger partial charge in [0.1, 0.15) is 5.60 Å². The van der Waals surface area contributed by atoms with Crippen LogP contribution in [0, 0.1) is 18.3 Å². The van der Waals surface area contributed by atoms with Crippen molar-refractivity contribution < 1.29 is 14.3 Å². The van der Waals surface area contributed by atoms with E-state index in [4.69, 9.17) is 11.2 Å². The largest absolute Gasteiger partial charge is 0.444 e. The molecule has 0 unspecified atom stereocenters. The topological polar surface area (TPSA) is 58.6 Å². The maximum atomic E-state index is 12.6. The third-order valence-electron chi connectivity index (χ3n) is 4.15. The molecule has 0 aliphatic carbocycles. The summed E-state index contributed by atoms with van der Waals surface area (Å²) in [5.74, 6) is 2.89. The number of ether oxygens (including phenoxy) is 1. The van der Waals surface area contributed by atoms with E-state index in [-0.39, 0.29) is 5.91 Å². The molecule has 1 fully saturated rings. The van der Waals surface area contributed by atoms with Crippen LogP contribution < -0.4 is 5.32 Å². The predicted molar refractivity (Wildman–Crippen MR) is 97.2 cm³/mol. The Morgan fingerprint density at radius 2 is 1.92 bits per heavy atom. The standard InChI is InChI=1S/C20H26N2O3/c1-5-16-8-6-7-9-17(16)18(23)22-12-10-15(11-13-22)14-21-19(24)25-20(2,3)4/h1,6-9,15H,10-14H2,2-4H3,(H,21,24). The van der Waals surface area contributed by atoms with Crippen molar-refractivity contribution in [3.63, 3.8) is 0 Å². The van der Waals surface area contributed by atoms with Gasteiger partial charge in [-0.1, -0.05) is 18.1 Å². The Morgan fingerprint density at radius 3 is 2.52 bits per heavy atom. The number of amides is 2. The van der Waals surface area contributed by atoms with Gasteiger partial charge in [-0.3, -0.25) is 4.79 Å². The molecule has 0 radical (unpaired) electrons. The zero-order valence-electron chi connectivity index (χ0n) is 15.2. The molecule has 1 aromatic carbocycles. The molecule has 0 atom stereocenters. The number of carbonyl (C=O) groups excluding carboxylic acids is 2. The number of piperidine rings is 1. The minimum atomic E-state index is -0.496. The van der Waals surface area contributed by atoms with Crippen molar-refractivity contribution >= 4 is 12.0 Å². The minimum absolute atomic E-state index is 0.0212. The van der Waals surface area contributed by atoms with Gasteiger partial charge in [-0.15, -0.1) is 6.42 Å². The third kappa shape index (κ3) is 5.53. The van der Waals surface area contributed by atoms with Crippen molar-refractivity contribution in [1.82, 2.24) is 10.2 Å². The van der Waals surface area contributed by atoms with Crippen molar-refractivity contribution in [3.05, 3.63) is 35.4 Å². The van der Waals surface area contributed by atoms with Gasteiger partial charge in [0.15, 0.2) is 0 Å². The van der Waals surface area contributed by atoms with E-state index in [1.807, 2.05) is 37.8 Å². The van der Waals surface area contributed by atoms with E-state index in [9.17, 15) is 9.59 Å². The second-order valence-electron chi connectivity index (χ2n) is 7.31. The van der Waals surface area contributed by atoms with E-state index in [2.05, 4.69) is 11.2 Å². The molecule has 1 aliphatic heterocycles. The first-order chi connectivity index (χ1) is 11.8. The highest BCUT2D eigenvalue weighted by Gasteiger charge is 2.25. The molecule has 5 nitrogen and oxygen atoms in total. The Hall–Kier alpha value is -2.48. The van der Waals surface area contributed by atoms with E-state index in [0.717, 1.165) is 12.8 Å². The lowest BCUT2D eigenvalue weighted by Crippen LogP contribution is -2.42. The fraction of sp³-hybridized carbons (Fsp3) is 0.500. The lowest BCUT2D eigenvalue weighted by molar-refractivity contribution is 0.0500. The normalized spacial score (nSPS) is 15.4. The Balaban J connectivity index is 1.83. The first-order valence-electron chi connectivity index (χ1n) is 8.62. The molecule has 1 heterocycles. The Labute approximate surface area is 149 Å². The monoisotopic (exact) mass is 342 g/mol. The van der Waals surface area contributed by atoms with Crippen LogP contribution in [0.5, 0.6) is 0 Å². The summed E-state index contributed by atoms with van der Waals surface area (Å²) in [4.78, 5) is 26.2. The van der Waals surface area contributed by atoms with Crippen molar-refractivity contribution in [1.29, 1.82) is 0 Å². The van der Waals surface area contributed by atoms with Crippen LogP contribution in [0.25, 0.3) is 0 Å². The van der Waals surface area contributed by atoms with Gasteiger partial charge < -0.3 is 15.0 Å². The number of alkyl carbamates (subject to hydrolysis) is 1. The number of terminal acetylenes is 1. The summed E-state index contributed by atoms with van der Waals surface area (Å²) in [7, 11) is 0. The summed E-state index contributed by atoms with van der Waals surface area (Å²) >= 11 is 0. The SMILES string of the molecule is C#Cc1ccccc1C(=O)N1CCC(CNC(=O)OC(C)(C)C)CC1. The number of hydrogen-bond acceptors (Lipinski definition) is 3. The highest BCUT2D eigenvalue weighted by molar-refractivity contribution is 5.96. The van der Waals surface area contributed by atoms with Gasteiger partial charge in [-0.25, -0.2) is 4.79 Å². The molecular weight excluding hydrogens is 316 g/mol. The number of nitrogens with zero attached hydrogens (tertiary/aromatic N) is 1. The van der Waals surface area contributed by atoms with E-state index < -0.39 is 11.7 Å². The maximum Gasteiger partial charge on any atom is 0.407 e. The number of nitrogens with one attached hydrogen (secondary N) is 1. The lowest BCUT2D eigenvalue weighted by Gasteiger charge is -2.32. The summed E-state index contributed by atoms with van der Waals surface area (Å²) in [6, 6.07) is 7.21. The molecule has 0 bridgehead atoms. The molecule has 0 spiro atoms. The van der Waals surface area contributed by atoms with Crippen molar-refractivity contribution in [3.8, 4) is 12.3 Å². The fourth-order valence-electron chi connectivity index (χ4n) is 2.85. The number of rotatable bonds is 3. The zero-order chi connectivity index (χ0) is 18.4. The quantitative estimate of drug-likeness (QED) is 0.859. The van der Waals surface area contributed by atoms with Crippen LogP contribution in [0.1, 0.15) is 49.5 Å². The van der Waals surface area contributed by atoms with Crippen LogP contribution in [0.2, 0.25) is 0 Å². The minimum Gasteiger partial charge on any atom is -0.444 e. The molecule has 1 saturated heterocycles. The average molecular weight is 342 g/mol. The van der Waals surface area contributed by atoms with Crippen molar-refractivity contribution in [2.75, 3.05) is 19.6 Å². The van der Waals surface area contributed by atoms with E-state index in [0.29, 0.717) is 36.7 Å². The van der Waals surface area contributed by atoms with Gasteiger partial charge in [0.25, 0.3) is 5.91 Å². The van der Waals surface area contributed by atoms with Gasteiger partial charge >= 0.3 is 6.09 Å². The first kappa shape index (κ1) is 18.9. The Morgan fingerprint density at radius 1 is 1.28 bits per heavy atom. The zero-order valence-corrected chi connectivity index (χ0v) is 15.2. The molecule has 1 aromatic rings. The van der Waals surface area contributed by atoms with Crippen LogP contribution in [0.15, 0.2) is 24.3 Å². The van der Waals surface area contributed by atoms with Gasteiger partial charge in [-0.05, 0) is 51.7 Å². The maximum absolute atomic E-state index is 12.6. The molecule has 2 rings (SSSR count). The first-order valence-corrected chi connectivity index (χ1v) is 8.62. The molecule has 2 amide bonds. The van der Waals surface area contributed by atoms with E-state index in [1.165, 1.54) is 0 Å². The summed E-state index contributed by atoms with van der Waals surface area (Å²) in [6.45, 7) is 7.41. The van der Waals surface area contributed by atoms with Gasteiger partial charge in [0.05, 0.1) is 5.56 Å². The van der Waals surface area contributed by atoms with Crippen molar-refractivity contribution in [2.45, 2.75) is 39.2 Å². The van der Waals surface area contributed by atoms with Crippen LogP contribution in [0.3, 0.4) is 0 Å². The number of likely N-dealkylation sites (tertiary alicyclic amines) is 1. The van der Waals surface area contributed by atoms with Gasteiger partial charge in [0.2, 0.25) is 0 Å². The smallest absolute Gasteiger partial charge is 0.407 e. The molecule has 0 aromatic heterocycles. The second kappa shape index (κ2) is 8.06. The number of benzene rings is 1. The molecule has 5 heteroatoms. The number of hydrogen-bond donors (Lipinski definition) is 1. The second-order valence-corrected chi connectivity index (χ2v) is 7.31. The summed E-state index contributed by atoms with van der Waals surface area (Å²) in [5.41, 5.74) is 0.709. The summed E-state index contributed by atoms with van der Waals surface area (Å²) in [5, 5.41) is 2.81. The van der Waals surface area contributed by atoms with E-state index in [1.54, 1.807) is 12.1 Å². The molecule has 134 valence electrons. The summed E-state index contributed by atoms with van der Waals surface area (Å²) in [6.07, 6.45) is 6.78. The molecule has 25 heavy (non-hydrogen) atoms. The average Bonchev–Trinajstić information content (AvgIpc) is 2.58. The highest BCUT2D eigenvalue weighted by atomic mass is 16.6. The van der Waals surface area contributed by atoms with Gasteiger partial charge in [-0.2, -0.15) is 0 Å². The Bertz CT molecular complexity index is 662. The van der Waals surface area contributed by atoms with Crippen LogP contribution in [-0.2, 0) is 4.74 Å². The Kier molecular flexibility index (Phi) is 6.08. The predicted octanol–water partition coefficient (Wildman–Crippen LogP) is 3.04. The molecular formula is C20H26N2O3. The van der Waals surface area contributed by atoms with Crippen LogP contribution in [0.4, 0.5) is 4.79 Å². The highest BCUT2D eigenvalue weighted by Crippen LogP contribution is 2.20.